The number of halogens is 1. The fraction of sp³-hybridized carbons (Fsp3) is 0.600. The second-order valence-corrected chi connectivity index (χ2v) is 7.16. The first kappa shape index (κ1) is 19.8. The average molecular weight is 377 g/mol. The van der Waals surface area contributed by atoms with Crippen molar-refractivity contribution >= 4 is 11.8 Å². The van der Waals surface area contributed by atoms with E-state index in [0.717, 1.165) is 25.9 Å². The van der Waals surface area contributed by atoms with Crippen molar-refractivity contribution in [3.63, 3.8) is 0 Å². The van der Waals surface area contributed by atoms with Gasteiger partial charge in [0.1, 0.15) is 5.82 Å². The van der Waals surface area contributed by atoms with Crippen molar-refractivity contribution in [2.75, 3.05) is 53.0 Å². The van der Waals surface area contributed by atoms with Crippen LogP contribution in [-0.2, 0) is 20.7 Å². The van der Waals surface area contributed by atoms with Crippen molar-refractivity contribution < 1.29 is 18.7 Å². The van der Waals surface area contributed by atoms with E-state index in [4.69, 9.17) is 4.74 Å². The van der Waals surface area contributed by atoms with E-state index in [0.29, 0.717) is 38.3 Å². The Kier molecular flexibility index (Phi) is 6.79. The minimum absolute atomic E-state index is 0.0542. The van der Waals surface area contributed by atoms with E-state index < -0.39 is 0 Å². The van der Waals surface area contributed by atoms with E-state index in [1.165, 1.54) is 6.07 Å². The van der Waals surface area contributed by atoms with Crippen LogP contribution in [0.15, 0.2) is 24.3 Å². The van der Waals surface area contributed by atoms with Crippen molar-refractivity contribution in [3.8, 4) is 0 Å². The second kappa shape index (κ2) is 9.28. The third-order valence-corrected chi connectivity index (χ3v) is 5.46. The van der Waals surface area contributed by atoms with E-state index in [2.05, 4.69) is 4.90 Å². The maximum absolute atomic E-state index is 13.8. The topological polar surface area (TPSA) is 53.1 Å². The molecule has 2 amide bonds. The fourth-order valence-electron chi connectivity index (χ4n) is 3.90. The summed E-state index contributed by atoms with van der Waals surface area (Å²) < 4.78 is 18.9. The summed E-state index contributed by atoms with van der Waals surface area (Å²) in [5.74, 6) is -0.227. The van der Waals surface area contributed by atoms with Crippen LogP contribution >= 0.6 is 0 Å². The van der Waals surface area contributed by atoms with Crippen LogP contribution in [0, 0.1) is 5.82 Å². The number of nitrogens with zero attached hydrogens (tertiary/aromatic N) is 3. The van der Waals surface area contributed by atoms with Gasteiger partial charge in [-0.2, -0.15) is 0 Å². The Morgan fingerprint density at radius 1 is 1.19 bits per heavy atom. The van der Waals surface area contributed by atoms with Gasteiger partial charge in [-0.05, 0) is 24.5 Å². The number of methoxy groups -OCH3 is 1. The zero-order chi connectivity index (χ0) is 19.2. The fourth-order valence-corrected chi connectivity index (χ4v) is 3.90. The van der Waals surface area contributed by atoms with Crippen LogP contribution in [0.1, 0.15) is 18.4 Å². The summed E-state index contributed by atoms with van der Waals surface area (Å²) in [5.41, 5.74) is 0.434. The number of rotatable bonds is 6. The minimum Gasteiger partial charge on any atom is -0.383 e. The number of carbonyl (C=O) groups is 2. The van der Waals surface area contributed by atoms with Crippen LogP contribution in [0.5, 0.6) is 0 Å². The van der Waals surface area contributed by atoms with Gasteiger partial charge in [-0.25, -0.2) is 4.39 Å². The van der Waals surface area contributed by atoms with Crippen LogP contribution in [0.2, 0.25) is 0 Å². The molecular formula is C20H28FN3O3. The van der Waals surface area contributed by atoms with Crippen molar-refractivity contribution in [3.05, 3.63) is 35.6 Å². The minimum atomic E-state index is -0.338. The van der Waals surface area contributed by atoms with Gasteiger partial charge >= 0.3 is 0 Å². The Labute approximate surface area is 159 Å². The molecule has 3 rings (SSSR count). The normalized spacial score (nSPS) is 21.6. The number of ether oxygens (including phenoxy) is 1. The molecule has 1 aromatic rings. The Morgan fingerprint density at radius 3 is 2.78 bits per heavy atom. The number of amides is 2. The molecule has 0 N–H and O–H groups in total. The molecule has 0 radical (unpaired) electrons. The molecule has 1 atom stereocenters. The molecule has 2 aliphatic rings. The number of hydrogen-bond acceptors (Lipinski definition) is 4. The highest BCUT2D eigenvalue weighted by Crippen LogP contribution is 2.19. The van der Waals surface area contributed by atoms with Crippen LogP contribution in [0.25, 0.3) is 0 Å². The Hall–Kier alpha value is -1.99. The lowest BCUT2D eigenvalue weighted by Gasteiger charge is -2.26. The van der Waals surface area contributed by atoms with Crippen LogP contribution in [0.4, 0.5) is 4.39 Å². The molecule has 0 unspecified atom stereocenters. The third kappa shape index (κ3) is 4.84. The lowest BCUT2D eigenvalue weighted by molar-refractivity contribution is -0.132. The van der Waals surface area contributed by atoms with Crippen molar-refractivity contribution in [2.45, 2.75) is 25.3 Å². The molecule has 0 aromatic heterocycles. The van der Waals surface area contributed by atoms with E-state index in [9.17, 15) is 14.0 Å². The second-order valence-electron chi connectivity index (χ2n) is 7.16. The maximum Gasteiger partial charge on any atom is 0.240 e. The van der Waals surface area contributed by atoms with E-state index in [1.54, 1.807) is 30.2 Å². The summed E-state index contributed by atoms with van der Waals surface area (Å²) in [6.07, 6.45) is 1.73. The molecule has 0 saturated carbocycles. The molecule has 0 aliphatic carbocycles. The van der Waals surface area contributed by atoms with Crippen molar-refractivity contribution in [1.82, 2.24) is 14.7 Å². The quantitative estimate of drug-likeness (QED) is 0.746. The standard InChI is InChI=1S/C20H28FN3O3/c1-27-14-13-24-10-7-18(20(24)26)22-8-4-9-23(12-11-22)19(25)15-16-5-2-3-6-17(16)21/h2-3,5-6,18H,4,7-15H2,1H3/t18-/m1/s1. The monoisotopic (exact) mass is 377 g/mol. The van der Waals surface area contributed by atoms with E-state index in [1.807, 2.05) is 4.90 Å². The molecule has 0 spiro atoms. The maximum atomic E-state index is 13.8. The van der Waals surface area contributed by atoms with Crippen molar-refractivity contribution in [1.29, 1.82) is 0 Å². The molecule has 0 bridgehead atoms. The van der Waals surface area contributed by atoms with Gasteiger partial charge in [-0.1, -0.05) is 18.2 Å². The predicted octanol–water partition coefficient (Wildman–Crippen LogP) is 1.15. The third-order valence-electron chi connectivity index (χ3n) is 5.46. The summed E-state index contributed by atoms with van der Waals surface area (Å²) >= 11 is 0. The zero-order valence-corrected chi connectivity index (χ0v) is 15.9. The predicted molar refractivity (Wildman–Crippen MR) is 99.7 cm³/mol. The van der Waals surface area contributed by atoms with Crippen LogP contribution in [-0.4, -0.2) is 85.5 Å². The highest BCUT2D eigenvalue weighted by Gasteiger charge is 2.36. The largest absolute Gasteiger partial charge is 0.383 e. The SMILES string of the molecule is COCCN1CC[C@@H](N2CCCN(C(=O)Cc3ccccc3F)CC2)C1=O. The molecule has 2 saturated heterocycles. The summed E-state index contributed by atoms with van der Waals surface area (Å²) in [7, 11) is 1.64. The first-order chi connectivity index (χ1) is 13.1. The molecule has 1 aromatic carbocycles. The van der Waals surface area contributed by atoms with E-state index >= 15 is 0 Å². The Balaban J connectivity index is 1.54. The van der Waals surface area contributed by atoms with Crippen molar-refractivity contribution in [2.24, 2.45) is 0 Å². The number of hydrogen-bond donors (Lipinski definition) is 0. The molecule has 2 fully saturated rings. The zero-order valence-electron chi connectivity index (χ0n) is 15.9. The highest BCUT2D eigenvalue weighted by molar-refractivity contribution is 5.84. The number of carbonyl (C=O) groups excluding carboxylic acids is 2. The van der Waals surface area contributed by atoms with Gasteiger partial charge in [0.25, 0.3) is 0 Å². The molecule has 27 heavy (non-hydrogen) atoms. The molecular weight excluding hydrogens is 349 g/mol. The molecule has 148 valence electrons. The first-order valence-corrected chi connectivity index (χ1v) is 9.63. The van der Waals surface area contributed by atoms with Crippen LogP contribution in [0.3, 0.4) is 0 Å². The molecule has 2 heterocycles. The van der Waals surface area contributed by atoms with Gasteiger partial charge in [-0.3, -0.25) is 14.5 Å². The summed E-state index contributed by atoms with van der Waals surface area (Å²) in [6.45, 7) is 4.66. The lowest BCUT2D eigenvalue weighted by Crippen LogP contribution is -2.44. The lowest BCUT2D eigenvalue weighted by atomic mass is 10.1. The summed E-state index contributed by atoms with van der Waals surface area (Å²) in [5, 5.41) is 0. The van der Waals surface area contributed by atoms with Gasteiger partial charge in [0.15, 0.2) is 0 Å². The van der Waals surface area contributed by atoms with Gasteiger partial charge in [-0.15, -0.1) is 0 Å². The molecule has 6 nitrogen and oxygen atoms in total. The van der Waals surface area contributed by atoms with Gasteiger partial charge in [0.2, 0.25) is 11.8 Å². The first-order valence-electron chi connectivity index (χ1n) is 9.63. The summed E-state index contributed by atoms with van der Waals surface area (Å²) in [6, 6.07) is 6.32. The van der Waals surface area contributed by atoms with Gasteiger partial charge in [0, 0.05) is 46.4 Å². The van der Waals surface area contributed by atoms with Gasteiger partial charge < -0.3 is 14.5 Å². The number of likely N-dealkylation sites (tertiary alicyclic amines) is 1. The average Bonchev–Trinajstić information content (AvgIpc) is 2.87. The highest BCUT2D eigenvalue weighted by atomic mass is 19.1. The molecule has 7 heteroatoms. The van der Waals surface area contributed by atoms with E-state index in [-0.39, 0.29) is 30.1 Å². The van der Waals surface area contributed by atoms with Crippen LogP contribution < -0.4 is 0 Å². The smallest absolute Gasteiger partial charge is 0.240 e. The van der Waals surface area contributed by atoms with Gasteiger partial charge in [0.05, 0.1) is 19.1 Å². The summed E-state index contributed by atoms with van der Waals surface area (Å²) in [4.78, 5) is 31.1. The number of benzene rings is 1. The Bertz CT molecular complexity index is 670. The Morgan fingerprint density at radius 2 is 2.00 bits per heavy atom. The molecule has 2 aliphatic heterocycles.